The van der Waals surface area contributed by atoms with Gasteiger partial charge < -0.3 is 14.6 Å². The third-order valence-corrected chi connectivity index (χ3v) is 2.48. The van der Waals surface area contributed by atoms with Crippen LogP contribution in [-0.4, -0.2) is 25.4 Å². The fourth-order valence-corrected chi connectivity index (χ4v) is 1.79. The van der Waals surface area contributed by atoms with Crippen LogP contribution < -0.4 is 4.74 Å². The van der Waals surface area contributed by atoms with E-state index in [9.17, 15) is 5.11 Å². The van der Waals surface area contributed by atoms with Crippen LogP contribution in [0.5, 0.6) is 11.5 Å². The van der Waals surface area contributed by atoms with E-state index in [-0.39, 0.29) is 0 Å². The molecule has 0 saturated heterocycles. The Balaban J connectivity index is 2.20. The molecule has 2 rings (SSSR count). The monoisotopic (exact) mass is 194 g/mol. The first kappa shape index (κ1) is 9.34. The highest BCUT2D eigenvalue weighted by Crippen LogP contribution is 2.33. The minimum atomic E-state index is 0.323. The molecular formula is C11H14O3. The van der Waals surface area contributed by atoms with Crippen molar-refractivity contribution in [3.63, 3.8) is 0 Å². The number of fused-ring (bicyclic) bond motifs is 1. The van der Waals surface area contributed by atoms with Gasteiger partial charge in [0.15, 0.2) is 0 Å². The molecular weight excluding hydrogens is 180 g/mol. The molecule has 1 aliphatic rings. The van der Waals surface area contributed by atoms with Crippen molar-refractivity contribution in [1.29, 1.82) is 0 Å². The third-order valence-electron chi connectivity index (χ3n) is 2.48. The number of aromatic hydroxyl groups is 1. The lowest BCUT2D eigenvalue weighted by Crippen LogP contribution is -2.24. The van der Waals surface area contributed by atoms with Crippen molar-refractivity contribution in [2.75, 3.05) is 20.3 Å². The highest BCUT2D eigenvalue weighted by Gasteiger charge is 2.21. The van der Waals surface area contributed by atoms with Crippen LogP contribution in [0.3, 0.4) is 0 Å². The first-order valence-electron chi connectivity index (χ1n) is 4.74. The lowest BCUT2D eigenvalue weighted by Gasteiger charge is -2.25. The molecule has 0 bridgehead atoms. The fraction of sp³-hybridized carbons (Fsp3) is 0.455. The van der Waals surface area contributed by atoms with E-state index in [4.69, 9.17) is 9.47 Å². The Kier molecular flexibility index (Phi) is 2.59. The van der Waals surface area contributed by atoms with Gasteiger partial charge in [-0.25, -0.2) is 0 Å². The number of phenolic OH excluding ortho intramolecular Hbond substituents is 1. The zero-order valence-corrected chi connectivity index (χ0v) is 8.19. The van der Waals surface area contributed by atoms with Crippen molar-refractivity contribution < 1.29 is 14.6 Å². The van der Waals surface area contributed by atoms with Gasteiger partial charge in [0.1, 0.15) is 11.5 Å². The average Bonchev–Trinajstić information content (AvgIpc) is 2.20. The van der Waals surface area contributed by atoms with Crippen molar-refractivity contribution in [3.8, 4) is 11.5 Å². The number of methoxy groups -OCH3 is 1. The highest BCUT2D eigenvalue weighted by atomic mass is 16.5. The predicted molar refractivity (Wildman–Crippen MR) is 52.7 cm³/mol. The predicted octanol–water partition coefficient (Wildman–Crippen LogP) is 1.59. The van der Waals surface area contributed by atoms with E-state index in [2.05, 4.69) is 0 Å². The zero-order valence-electron chi connectivity index (χ0n) is 8.19. The van der Waals surface area contributed by atoms with Crippen LogP contribution in [0.4, 0.5) is 0 Å². The van der Waals surface area contributed by atoms with Crippen molar-refractivity contribution in [1.82, 2.24) is 0 Å². The summed E-state index contributed by atoms with van der Waals surface area (Å²) in [6, 6.07) is 5.38. The van der Waals surface area contributed by atoms with E-state index in [0.717, 1.165) is 17.7 Å². The smallest absolute Gasteiger partial charge is 0.126 e. The van der Waals surface area contributed by atoms with Crippen LogP contribution in [0.15, 0.2) is 18.2 Å². The molecule has 1 aromatic rings. The lowest BCUT2D eigenvalue weighted by molar-refractivity contribution is 0.107. The third kappa shape index (κ3) is 1.68. The van der Waals surface area contributed by atoms with Crippen molar-refractivity contribution in [2.45, 2.75) is 6.42 Å². The van der Waals surface area contributed by atoms with Gasteiger partial charge in [0.25, 0.3) is 0 Å². The summed E-state index contributed by atoms with van der Waals surface area (Å²) in [7, 11) is 1.68. The number of ether oxygens (including phenoxy) is 2. The quantitative estimate of drug-likeness (QED) is 0.777. The van der Waals surface area contributed by atoms with Gasteiger partial charge in [-0.2, -0.15) is 0 Å². The molecule has 0 spiro atoms. The summed E-state index contributed by atoms with van der Waals surface area (Å²) >= 11 is 0. The SMILES string of the molecule is COCC1COc2cccc(O)c2C1. The second kappa shape index (κ2) is 3.88. The summed E-state index contributed by atoms with van der Waals surface area (Å²) in [4.78, 5) is 0. The van der Waals surface area contributed by atoms with Gasteiger partial charge in [0.2, 0.25) is 0 Å². The summed E-state index contributed by atoms with van der Waals surface area (Å²) in [6.45, 7) is 1.35. The van der Waals surface area contributed by atoms with Gasteiger partial charge in [-0.1, -0.05) is 6.07 Å². The lowest BCUT2D eigenvalue weighted by atomic mass is 9.97. The summed E-state index contributed by atoms with van der Waals surface area (Å²) in [5.41, 5.74) is 0.904. The minimum absolute atomic E-state index is 0.323. The highest BCUT2D eigenvalue weighted by molar-refractivity contribution is 5.45. The van der Waals surface area contributed by atoms with Gasteiger partial charge in [0.05, 0.1) is 13.2 Å². The Labute approximate surface area is 83.3 Å². The summed E-state index contributed by atoms with van der Waals surface area (Å²) in [5.74, 6) is 1.47. The molecule has 0 aromatic heterocycles. The first-order valence-corrected chi connectivity index (χ1v) is 4.74. The maximum Gasteiger partial charge on any atom is 0.126 e. The molecule has 76 valence electrons. The Hall–Kier alpha value is -1.22. The van der Waals surface area contributed by atoms with E-state index in [1.54, 1.807) is 19.2 Å². The van der Waals surface area contributed by atoms with E-state index in [1.807, 2.05) is 6.07 Å². The molecule has 1 aromatic carbocycles. The zero-order chi connectivity index (χ0) is 9.97. The van der Waals surface area contributed by atoms with Gasteiger partial charge in [-0.15, -0.1) is 0 Å². The Morgan fingerprint density at radius 3 is 3.21 bits per heavy atom. The normalized spacial score (nSPS) is 19.9. The Morgan fingerprint density at radius 1 is 1.57 bits per heavy atom. The number of hydrogen-bond acceptors (Lipinski definition) is 3. The molecule has 1 heterocycles. The second-order valence-electron chi connectivity index (χ2n) is 3.59. The number of phenols is 1. The molecule has 1 N–H and O–H groups in total. The topological polar surface area (TPSA) is 38.7 Å². The van der Waals surface area contributed by atoms with Crippen molar-refractivity contribution in [3.05, 3.63) is 23.8 Å². The Morgan fingerprint density at radius 2 is 2.43 bits per heavy atom. The molecule has 0 amide bonds. The molecule has 1 atom stereocenters. The number of rotatable bonds is 2. The molecule has 0 fully saturated rings. The van der Waals surface area contributed by atoms with E-state index >= 15 is 0 Å². The second-order valence-corrected chi connectivity index (χ2v) is 3.59. The van der Waals surface area contributed by atoms with Gasteiger partial charge >= 0.3 is 0 Å². The maximum atomic E-state index is 9.62. The molecule has 1 aliphatic heterocycles. The Bertz CT molecular complexity index is 322. The minimum Gasteiger partial charge on any atom is -0.508 e. The molecule has 0 saturated carbocycles. The number of hydrogen-bond donors (Lipinski definition) is 1. The van der Waals surface area contributed by atoms with E-state index in [1.165, 1.54) is 0 Å². The molecule has 0 radical (unpaired) electrons. The number of benzene rings is 1. The molecule has 3 heteroatoms. The first-order chi connectivity index (χ1) is 6.81. The average molecular weight is 194 g/mol. The van der Waals surface area contributed by atoms with Crippen LogP contribution in [0.1, 0.15) is 5.56 Å². The van der Waals surface area contributed by atoms with Crippen LogP contribution in [0, 0.1) is 5.92 Å². The van der Waals surface area contributed by atoms with Crippen molar-refractivity contribution >= 4 is 0 Å². The van der Waals surface area contributed by atoms with Gasteiger partial charge in [-0.05, 0) is 18.6 Å². The van der Waals surface area contributed by atoms with Crippen LogP contribution in [0.25, 0.3) is 0 Å². The van der Waals surface area contributed by atoms with E-state index < -0.39 is 0 Å². The summed E-state index contributed by atoms with van der Waals surface area (Å²) in [6.07, 6.45) is 0.829. The summed E-state index contributed by atoms with van der Waals surface area (Å²) < 4.78 is 10.6. The molecule has 1 unspecified atom stereocenters. The molecule has 14 heavy (non-hydrogen) atoms. The standard InChI is InChI=1S/C11H14O3/c1-13-6-8-5-9-10(12)3-2-4-11(9)14-7-8/h2-4,8,12H,5-7H2,1H3. The molecule has 3 nitrogen and oxygen atoms in total. The molecule has 0 aliphatic carbocycles. The maximum absolute atomic E-state index is 9.62. The van der Waals surface area contributed by atoms with Gasteiger partial charge in [0, 0.05) is 18.6 Å². The fourth-order valence-electron chi connectivity index (χ4n) is 1.79. The van der Waals surface area contributed by atoms with Gasteiger partial charge in [-0.3, -0.25) is 0 Å². The van der Waals surface area contributed by atoms with Crippen molar-refractivity contribution in [2.24, 2.45) is 5.92 Å². The van der Waals surface area contributed by atoms with E-state index in [0.29, 0.717) is 24.9 Å². The van der Waals surface area contributed by atoms with Crippen LogP contribution in [-0.2, 0) is 11.2 Å². The summed E-state index contributed by atoms with van der Waals surface area (Å²) in [5, 5.41) is 9.62. The van der Waals surface area contributed by atoms with Crippen LogP contribution >= 0.6 is 0 Å². The van der Waals surface area contributed by atoms with Crippen LogP contribution in [0.2, 0.25) is 0 Å². The largest absolute Gasteiger partial charge is 0.508 e.